The number of hydrogen-bond donors (Lipinski definition) is 1. The smallest absolute Gasteiger partial charge is 0.140 e. The monoisotopic (exact) mass is 220 g/mol. The first kappa shape index (κ1) is 11.4. The second-order valence-corrected chi connectivity index (χ2v) is 4.51. The number of hydrazine groups is 1. The van der Waals surface area contributed by atoms with E-state index in [1.165, 1.54) is 12.8 Å². The molecule has 0 saturated carbocycles. The van der Waals surface area contributed by atoms with Crippen molar-refractivity contribution < 1.29 is 0 Å². The molecule has 16 heavy (non-hydrogen) atoms. The maximum atomic E-state index is 4.26. The average molecular weight is 220 g/mol. The molecule has 2 rings (SSSR count). The summed E-state index contributed by atoms with van der Waals surface area (Å²) in [7, 11) is 4.32. The maximum absolute atomic E-state index is 4.26. The SMILES string of the molecule is CN(C)C1CCN(Nc2ccccn2)CC1. The molecule has 2 heterocycles. The summed E-state index contributed by atoms with van der Waals surface area (Å²) in [4.78, 5) is 6.58. The second-order valence-electron chi connectivity index (χ2n) is 4.51. The highest BCUT2D eigenvalue weighted by atomic mass is 15.5. The van der Waals surface area contributed by atoms with Gasteiger partial charge in [-0.1, -0.05) is 6.07 Å². The van der Waals surface area contributed by atoms with Gasteiger partial charge in [-0.15, -0.1) is 0 Å². The highest BCUT2D eigenvalue weighted by molar-refractivity contribution is 5.31. The van der Waals surface area contributed by atoms with E-state index in [2.05, 4.69) is 34.4 Å². The minimum absolute atomic E-state index is 0.724. The molecule has 0 radical (unpaired) electrons. The molecular formula is C12H20N4. The van der Waals surface area contributed by atoms with Crippen molar-refractivity contribution >= 4 is 5.82 Å². The molecule has 0 aliphatic carbocycles. The quantitative estimate of drug-likeness (QED) is 0.835. The molecule has 4 heteroatoms. The molecule has 4 nitrogen and oxygen atoms in total. The van der Waals surface area contributed by atoms with Crippen molar-refractivity contribution in [1.29, 1.82) is 0 Å². The molecule has 1 aromatic heterocycles. The van der Waals surface area contributed by atoms with E-state index in [1.54, 1.807) is 0 Å². The third-order valence-electron chi connectivity index (χ3n) is 3.13. The highest BCUT2D eigenvalue weighted by Gasteiger charge is 2.20. The van der Waals surface area contributed by atoms with Crippen LogP contribution in [0.5, 0.6) is 0 Å². The van der Waals surface area contributed by atoms with E-state index in [4.69, 9.17) is 0 Å². The van der Waals surface area contributed by atoms with Crippen molar-refractivity contribution in [3.8, 4) is 0 Å². The molecule has 1 saturated heterocycles. The zero-order chi connectivity index (χ0) is 11.4. The fourth-order valence-electron chi connectivity index (χ4n) is 2.08. The van der Waals surface area contributed by atoms with Crippen LogP contribution in [-0.2, 0) is 0 Å². The van der Waals surface area contributed by atoms with E-state index in [0.717, 1.165) is 24.9 Å². The van der Waals surface area contributed by atoms with Crippen molar-refractivity contribution in [3.05, 3.63) is 24.4 Å². The van der Waals surface area contributed by atoms with Gasteiger partial charge in [0.2, 0.25) is 0 Å². The number of pyridine rings is 1. The van der Waals surface area contributed by atoms with Crippen LogP contribution < -0.4 is 5.43 Å². The molecule has 0 unspecified atom stereocenters. The number of hydrogen-bond acceptors (Lipinski definition) is 4. The summed E-state index contributed by atoms with van der Waals surface area (Å²) in [6.07, 6.45) is 4.24. The Hall–Kier alpha value is -1.13. The van der Waals surface area contributed by atoms with Crippen LogP contribution >= 0.6 is 0 Å². The Morgan fingerprint density at radius 3 is 2.62 bits per heavy atom. The van der Waals surface area contributed by atoms with E-state index >= 15 is 0 Å². The Morgan fingerprint density at radius 2 is 2.06 bits per heavy atom. The van der Waals surface area contributed by atoms with Gasteiger partial charge < -0.3 is 10.3 Å². The Kier molecular flexibility index (Phi) is 3.74. The normalized spacial score (nSPS) is 18.9. The molecule has 0 amide bonds. The summed E-state index contributed by atoms with van der Waals surface area (Å²) in [5.74, 6) is 0.936. The van der Waals surface area contributed by atoms with E-state index in [-0.39, 0.29) is 0 Å². The highest BCUT2D eigenvalue weighted by Crippen LogP contribution is 2.14. The lowest BCUT2D eigenvalue weighted by Gasteiger charge is -2.35. The fraction of sp³-hybridized carbons (Fsp3) is 0.583. The Balaban J connectivity index is 1.82. The van der Waals surface area contributed by atoms with Crippen molar-refractivity contribution in [1.82, 2.24) is 14.9 Å². The minimum atomic E-state index is 0.724. The Morgan fingerprint density at radius 1 is 1.31 bits per heavy atom. The van der Waals surface area contributed by atoms with Crippen LogP contribution in [0.15, 0.2) is 24.4 Å². The zero-order valence-corrected chi connectivity index (χ0v) is 10.1. The third kappa shape index (κ3) is 2.93. The summed E-state index contributed by atoms with van der Waals surface area (Å²) in [6.45, 7) is 2.17. The Labute approximate surface area is 97.2 Å². The van der Waals surface area contributed by atoms with Crippen molar-refractivity contribution in [2.24, 2.45) is 0 Å². The topological polar surface area (TPSA) is 31.4 Å². The number of piperidine rings is 1. The van der Waals surface area contributed by atoms with E-state index in [0.29, 0.717) is 0 Å². The molecule has 1 aromatic rings. The minimum Gasteiger partial charge on any atom is -0.306 e. The maximum Gasteiger partial charge on any atom is 0.140 e. The first-order chi connectivity index (χ1) is 7.75. The average Bonchev–Trinajstić information content (AvgIpc) is 2.31. The van der Waals surface area contributed by atoms with Gasteiger partial charge in [0.05, 0.1) is 0 Å². The number of nitrogens with zero attached hydrogens (tertiary/aromatic N) is 3. The van der Waals surface area contributed by atoms with Gasteiger partial charge in [0.25, 0.3) is 0 Å². The van der Waals surface area contributed by atoms with Gasteiger partial charge in [-0.2, -0.15) is 0 Å². The summed E-state index contributed by atoms with van der Waals surface area (Å²) in [5, 5.41) is 2.25. The number of aromatic nitrogens is 1. The number of anilines is 1. The molecule has 0 atom stereocenters. The zero-order valence-electron chi connectivity index (χ0n) is 10.1. The van der Waals surface area contributed by atoms with Gasteiger partial charge in [0.15, 0.2) is 0 Å². The van der Waals surface area contributed by atoms with Gasteiger partial charge in [0, 0.05) is 25.3 Å². The summed E-state index contributed by atoms with van der Waals surface area (Å²) >= 11 is 0. The van der Waals surface area contributed by atoms with Crippen LogP contribution in [0.1, 0.15) is 12.8 Å². The van der Waals surface area contributed by atoms with Crippen molar-refractivity contribution in [2.45, 2.75) is 18.9 Å². The predicted molar refractivity (Wildman–Crippen MR) is 66.1 cm³/mol. The van der Waals surface area contributed by atoms with E-state index in [9.17, 15) is 0 Å². The third-order valence-corrected chi connectivity index (χ3v) is 3.13. The van der Waals surface area contributed by atoms with Crippen LogP contribution in [0.4, 0.5) is 5.82 Å². The summed E-state index contributed by atoms with van der Waals surface area (Å²) < 4.78 is 0. The van der Waals surface area contributed by atoms with Crippen molar-refractivity contribution in [3.63, 3.8) is 0 Å². The number of nitrogens with one attached hydrogen (secondary N) is 1. The van der Waals surface area contributed by atoms with E-state index < -0.39 is 0 Å². The first-order valence-electron chi connectivity index (χ1n) is 5.85. The molecule has 88 valence electrons. The van der Waals surface area contributed by atoms with Crippen LogP contribution in [0.3, 0.4) is 0 Å². The molecule has 0 spiro atoms. The standard InChI is InChI=1S/C12H20N4/c1-15(2)11-6-9-16(10-7-11)14-12-5-3-4-8-13-12/h3-5,8,11H,6-7,9-10H2,1-2H3,(H,13,14). The van der Waals surface area contributed by atoms with Gasteiger partial charge in [-0.3, -0.25) is 0 Å². The molecule has 1 fully saturated rings. The fourth-order valence-corrected chi connectivity index (χ4v) is 2.08. The predicted octanol–water partition coefficient (Wildman–Crippen LogP) is 1.43. The number of rotatable bonds is 3. The van der Waals surface area contributed by atoms with Crippen LogP contribution in [0, 0.1) is 0 Å². The summed E-state index contributed by atoms with van der Waals surface area (Å²) in [5.41, 5.74) is 3.34. The van der Waals surface area contributed by atoms with Gasteiger partial charge >= 0.3 is 0 Å². The lowest BCUT2D eigenvalue weighted by Crippen LogP contribution is -2.44. The van der Waals surface area contributed by atoms with Crippen LogP contribution in [0.2, 0.25) is 0 Å². The molecule has 1 aliphatic rings. The van der Waals surface area contributed by atoms with Crippen molar-refractivity contribution in [2.75, 3.05) is 32.6 Å². The molecular weight excluding hydrogens is 200 g/mol. The molecule has 0 bridgehead atoms. The molecule has 1 N–H and O–H groups in total. The first-order valence-corrected chi connectivity index (χ1v) is 5.85. The molecule has 1 aliphatic heterocycles. The van der Waals surface area contributed by atoms with Crippen LogP contribution in [0.25, 0.3) is 0 Å². The van der Waals surface area contributed by atoms with Gasteiger partial charge in [-0.25, -0.2) is 9.99 Å². The van der Waals surface area contributed by atoms with Gasteiger partial charge in [-0.05, 0) is 39.1 Å². The lowest BCUT2D eigenvalue weighted by molar-refractivity contribution is 0.164. The Bertz CT molecular complexity index is 304. The van der Waals surface area contributed by atoms with Crippen LogP contribution in [-0.4, -0.2) is 48.1 Å². The largest absolute Gasteiger partial charge is 0.306 e. The lowest BCUT2D eigenvalue weighted by atomic mass is 10.1. The van der Waals surface area contributed by atoms with Gasteiger partial charge in [0.1, 0.15) is 5.82 Å². The van der Waals surface area contributed by atoms with E-state index in [1.807, 2.05) is 24.4 Å². The molecule has 0 aromatic carbocycles. The second kappa shape index (κ2) is 5.27. The summed E-state index contributed by atoms with van der Waals surface area (Å²) in [6, 6.07) is 6.66.